The van der Waals surface area contributed by atoms with E-state index >= 15 is 0 Å². The molecule has 19 heavy (non-hydrogen) atoms. The largest absolute Gasteiger partial charge is 0.393 e. The number of nitrogens with zero attached hydrogens (tertiary/aromatic N) is 1. The number of aliphatic hydroxyl groups is 1. The van der Waals surface area contributed by atoms with Gasteiger partial charge >= 0.3 is 0 Å². The third-order valence-electron chi connectivity index (χ3n) is 4.57. The minimum Gasteiger partial charge on any atom is -0.393 e. The van der Waals surface area contributed by atoms with Crippen molar-refractivity contribution in [3.8, 4) is 0 Å². The fraction of sp³-hybridized carbons (Fsp3) is 0.562. The summed E-state index contributed by atoms with van der Waals surface area (Å²) in [6.07, 6.45) is 4.70. The quantitative estimate of drug-likeness (QED) is 0.841. The number of fused-ring (bicyclic) bond motifs is 1. The molecule has 1 amide bonds. The van der Waals surface area contributed by atoms with Crippen LogP contribution < -0.4 is 0 Å². The Labute approximate surface area is 114 Å². The van der Waals surface area contributed by atoms with Crippen molar-refractivity contribution in [1.82, 2.24) is 4.90 Å². The second-order valence-corrected chi connectivity index (χ2v) is 5.80. The molecule has 2 aliphatic rings. The van der Waals surface area contributed by atoms with Gasteiger partial charge in [-0.2, -0.15) is 0 Å². The molecule has 1 N–H and O–H groups in total. The number of hydrogen-bond acceptors (Lipinski definition) is 2. The smallest absolute Gasteiger partial charge is 0.254 e. The summed E-state index contributed by atoms with van der Waals surface area (Å²) in [6, 6.07) is 9.89. The molecule has 1 aromatic carbocycles. The van der Waals surface area contributed by atoms with Crippen LogP contribution in [0.5, 0.6) is 0 Å². The van der Waals surface area contributed by atoms with Gasteiger partial charge in [0.15, 0.2) is 0 Å². The lowest BCUT2D eigenvalue weighted by Crippen LogP contribution is -2.51. The molecule has 2 fully saturated rings. The molecule has 0 radical (unpaired) electrons. The lowest BCUT2D eigenvalue weighted by atomic mass is 9.77. The molecule has 3 atom stereocenters. The summed E-state index contributed by atoms with van der Waals surface area (Å²) in [7, 11) is 0. The van der Waals surface area contributed by atoms with Crippen LogP contribution in [-0.4, -0.2) is 34.6 Å². The third-order valence-corrected chi connectivity index (χ3v) is 4.57. The zero-order valence-corrected chi connectivity index (χ0v) is 11.2. The molecule has 3 unspecified atom stereocenters. The van der Waals surface area contributed by atoms with Gasteiger partial charge < -0.3 is 10.0 Å². The van der Waals surface area contributed by atoms with E-state index in [1.807, 2.05) is 30.3 Å². The molecule has 3 nitrogen and oxygen atoms in total. The van der Waals surface area contributed by atoms with Crippen molar-refractivity contribution in [2.45, 2.75) is 44.2 Å². The molecule has 0 bridgehead atoms. The first-order valence-corrected chi connectivity index (χ1v) is 7.30. The summed E-state index contributed by atoms with van der Waals surface area (Å²) in [6.45, 7) is 0.866. The summed E-state index contributed by atoms with van der Waals surface area (Å²) in [4.78, 5) is 14.7. The normalized spacial score (nSPS) is 30.8. The second-order valence-electron chi connectivity index (χ2n) is 5.80. The highest BCUT2D eigenvalue weighted by Gasteiger charge is 2.38. The van der Waals surface area contributed by atoms with E-state index in [1.54, 1.807) is 0 Å². The number of carbonyl (C=O) groups is 1. The first kappa shape index (κ1) is 12.7. The fourth-order valence-electron chi connectivity index (χ4n) is 3.63. The molecule has 1 aromatic rings. The van der Waals surface area contributed by atoms with E-state index in [0.29, 0.717) is 12.0 Å². The minimum atomic E-state index is -0.159. The predicted molar refractivity (Wildman–Crippen MR) is 73.8 cm³/mol. The lowest BCUT2D eigenvalue weighted by molar-refractivity contribution is 0.00727. The first-order valence-electron chi connectivity index (χ1n) is 7.30. The minimum absolute atomic E-state index is 0.159. The number of rotatable bonds is 1. The lowest BCUT2D eigenvalue weighted by Gasteiger charge is -2.45. The standard InChI is InChI=1S/C16H21NO2/c18-14-8-9-15-13(11-14)7-4-10-17(15)16(19)12-5-2-1-3-6-12/h1-3,5-6,13-15,18H,4,7-11H2. The fourth-order valence-corrected chi connectivity index (χ4v) is 3.63. The molecule has 1 aliphatic carbocycles. The average molecular weight is 259 g/mol. The number of carbonyl (C=O) groups excluding carboxylic acids is 1. The molecule has 0 aromatic heterocycles. The van der Waals surface area contributed by atoms with Crippen LogP contribution in [0.25, 0.3) is 0 Å². The maximum Gasteiger partial charge on any atom is 0.254 e. The molecule has 1 saturated heterocycles. The van der Waals surface area contributed by atoms with Gasteiger partial charge in [0.25, 0.3) is 5.91 Å². The number of aliphatic hydroxyl groups excluding tert-OH is 1. The highest BCUT2D eigenvalue weighted by atomic mass is 16.3. The van der Waals surface area contributed by atoms with Crippen LogP contribution in [-0.2, 0) is 0 Å². The predicted octanol–water partition coefficient (Wildman–Crippen LogP) is 2.45. The van der Waals surface area contributed by atoms with Crippen LogP contribution in [0.3, 0.4) is 0 Å². The number of likely N-dealkylation sites (tertiary alicyclic amines) is 1. The summed E-state index contributed by atoms with van der Waals surface area (Å²) in [5, 5.41) is 9.79. The maximum atomic E-state index is 12.6. The Morgan fingerprint density at radius 1 is 1.16 bits per heavy atom. The van der Waals surface area contributed by atoms with Gasteiger partial charge in [0.2, 0.25) is 0 Å². The maximum absolute atomic E-state index is 12.6. The van der Waals surface area contributed by atoms with E-state index in [2.05, 4.69) is 4.90 Å². The van der Waals surface area contributed by atoms with Crippen molar-refractivity contribution in [2.24, 2.45) is 5.92 Å². The van der Waals surface area contributed by atoms with Crippen molar-refractivity contribution in [3.63, 3.8) is 0 Å². The molecule has 1 saturated carbocycles. The second kappa shape index (κ2) is 5.33. The SMILES string of the molecule is O=C(c1ccccc1)N1CCCC2CC(O)CCC21. The monoisotopic (exact) mass is 259 g/mol. The van der Waals surface area contributed by atoms with Crippen molar-refractivity contribution >= 4 is 5.91 Å². The molecular weight excluding hydrogens is 238 g/mol. The van der Waals surface area contributed by atoms with Gasteiger partial charge in [-0.1, -0.05) is 18.2 Å². The topological polar surface area (TPSA) is 40.5 Å². The van der Waals surface area contributed by atoms with Crippen molar-refractivity contribution < 1.29 is 9.90 Å². The van der Waals surface area contributed by atoms with Gasteiger partial charge in [-0.3, -0.25) is 4.79 Å². The molecule has 3 heteroatoms. The zero-order valence-electron chi connectivity index (χ0n) is 11.2. The number of piperidine rings is 1. The van der Waals surface area contributed by atoms with Gasteiger partial charge in [0, 0.05) is 18.2 Å². The number of amides is 1. The Morgan fingerprint density at radius 3 is 2.74 bits per heavy atom. The highest BCUT2D eigenvalue weighted by molar-refractivity contribution is 5.94. The van der Waals surface area contributed by atoms with Gasteiger partial charge in [-0.25, -0.2) is 0 Å². The van der Waals surface area contributed by atoms with Crippen molar-refractivity contribution in [3.05, 3.63) is 35.9 Å². The first-order chi connectivity index (χ1) is 9.25. The van der Waals surface area contributed by atoms with E-state index in [9.17, 15) is 9.90 Å². The highest BCUT2D eigenvalue weighted by Crippen LogP contribution is 2.36. The van der Waals surface area contributed by atoms with E-state index in [0.717, 1.165) is 44.2 Å². The van der Waals surface area contributed by atoms with Gasteiger partial charge in [-0.15, -0.1) is 0 Å². The van der Waals surface area contributed by atoms with Crippen LogP contribution in [0.4, 0.5) is 0 Å². The summed E-state index contributed by atoms with van der Waals surface area (Å²) >= 11 is 0. The average Bonchev–Trinajstić information content (AvgIpc) is 2.46. The third kappa shape index (κ3) is 2.52. The molecule has 102 valence electrons. The van der Waals surface area contributed by atoms with Crippen molar-refractivity contribution in [2.75, 3.05) is 6.54 Å². The molecule has 3 rings (SSSR count). The van der Waals surface area contributed by atoms with E-state index in [-0.39, 0.29) is 12.0 Å². The molecule has 0 spiro atoms. The van der Waals surface area contributed by atoms with Gasteiger partial charge in [-0.05, 0) is 50.2 Å². The van der Waals surface area contributed by atoms with Gasteiger partial charge in [0.05, 0.1) is 6.10 Å². The van der Waals surface area contributed by atoms with E-state index in [1.165, 1.54) is 0 Å². The zero-order chi connectivity index (χ0) is 13.2. The molecular formula is C16H21NO2. The molecule has 1 aliphatic heterocycles. The number of hydrogen-bond donors (Lipinski definition) is 1. The van der Waals surface area contributed by atoms with Crippen LogP contribution in [0, 0.1) is 5.92 Å². The van der Waals surface area contributed by atoms with Crippen molar-refractivity contribution in [1.29, 1.82) is 0 Å². The van der Waals surface area contributed by atoms with Crippen LogP contribution in [0.15, 0.2) is 30.3 Å². The van der Waals surface area contributed by atoms with E-state index in [4.69, 9.17) is 0 Å². The summed E-state index contributed by atoms with van der Waals surface area (Å²) < 4.78 is 0. The van der Waals surface area contributed by atoms with Crippen LogP contribution in [0.1, 0.15) is 42.5 Å². The Kier molecular flexibility index (Phi) is 3.56. The van der Waals surface area contributed by atoms with Crippen LogP contribution in [0.2, 0.25) is 0 Å². The summed E-state index contributed by atoms with van der Waals surface area (Å²) in [5.41, 5.74) is 0.786. The molecule has 1 heterocycles. The van der Waals surface area contributed by atoms with Gasteiger partial charge in [0.1, 0.15) is 0 Å². The Bertz CT molecular complexity index is 445. The van der Waals surface area contributed by atoms with Crippen LogP contribution >= 0.6 is 0 Å². The number of benzene rings is 1. The Balaban J connectivity index is 1.78. The Hall–Kier alpha value is -1.35. The summed E-state index contributed by atoms with van der Waals surface area (Å²) in [5.74, 6) is 0.650. The van der Waals surface area contributed by atoms with E-state index < -0.39 is 0 Å². The Morgan fingerprint density at radius 2 is 1.95 bits per heavy atom.